The van der Waals surface area contributed by atoms with Crippen LogP contribution in [0.5, 0.6) is 0 Å². The van der Waals surface area contributed by atoms with Crippen LogP contribution < -0.4 is 5.73 Å². The number of likely N-dealkylation sites (tertiary alicyclic amines) is 1. The first-order valence-corrected chi connectivity index (χ1v) is 5.50. The average Bonchev–Trinajstić information content (AvgIpc) is 1.75. The molecule has 2 N–H and O–H groups in total. The first kappa shape index (κ1) is 7.85. The van der Waals surface area contributed by atoms with Crippen LogP contribution in [0.2, 0.25) is 0 Å². The van der Waals surface area contributed by atoms with Gasteiger partial charge in [0.05, 0.1) is 11.5 Å². The summed E-state index contributed by atoms with van der Waals surface area (Å²) in [4.78, 5) is 12.0. The van der Waals surface area contributed by atoms with Crippen LogP contribution in [-0.4, -0.2) is 43.9 Å². The number of urea groups is 1. The van der Waals surface area contributed by atoms with Gasteiger partial charge in [-0.15, -0.1) is 0 Å². The molecule has 2 amide bonds. The van der Waals surface area contributed by atoms with Gasteiger partial charge >= 0.3 is 6.03 Å². The van der Waals surface area contributed by atoms with Crippen LogP contribution >= 0.6 is 0 Å². The molecule has 2 aliphatic heterocycles. The number of rotatable bonds is 0. The van der Waals surface area contributed by atoms with E-state index in [-0.39, 0.29) is 16.9 Å². The van der Waals surface area contributed by atoms with Crippen LogP contribution in [0.25, 0.3) is 0 Å². The summed E-state index contributed by atoms with van der Waals surface area (Å²) in [5.41, 5.74) is 4.87. The Bertz CT molecular complexity index is 315. The number of hydrogen-bond acceptors (Lipinski definition) is 3. The Hall–Kier alpha value is -0.780. The zero-order chi connectivity index (χ0) is 8.98. The highest BCUT2D eigenvalue weighted by Gasteiger charge is 2.56. The van der Waals surface area contributed by atoms with E-state index in [1.54, 1.807) is 0 Å². The third-order valence-electron chi connectivity index (χ3n) is 2.42. The number of nitrogens with zero attached hydrogens (tertiary/aromatic N) is 1. The summed E-state index contributed by atoms with van der Waals surface area (Å²) in [6, 6.07) is -0.454. The molecule has 0 bridgehead atoms. The van der Waals surface area contributed by atoms with Gasteiger partial charge in [0.2, 0.25) is 0 Å². The lowest BCUT2D eigenvalue weighted by molar-refractivity contribution is 0.0596. The van der Waals surface area contributed by atoms with E-state index < -0.39 is 15.9 Å². The molecule has 0 aromatic carbocycles. The third kappa shape index (κ3) is 0.979. The Balaban J connectivity index is 1.95. The predicted molar refractivity (Wildman–Crippen MR) is 42.2 cm³/mol. The number of amides is 2. The molecule has 2 heterocycles. The minimum Gasteiger partial charge on any atom is -0.351 e. The fourth-order valence-electron chi connectivity index (χ4n) is 1.99. The van der Waals surface area contributed by atoms with Crippen molar-refractivity contribution in [3.63, 3.8) is 0 Å². The van der Waals surface area contributed by atoms with Crippen LogP contribution in [0.15, 0.2) is 0 Å². The van der Waals surface area contributed by atoms with Gasteiger partial charge in [-0.3, -0.25) is 0 Å². The van der Waals surface area contributed by atoms with Gasteiger partial charge < -0.3 is 10.6 Å². The first-order chi connectivity index (χ1) is 5.43. The lowest BCUT2D eigenvalue weighted by atomic mass is 9.83. The SMILES string of the molecule is NC(=O)N1CC2(C1)CS(=O)(=O)C2. The predicted octanol–water partition coefficient (Wildman–Crippen LogP) is -1.20. The minimum atomic E-state index is -2.78. The molecule has 2 fully saturated rings. The van der Waals surface area contributed by atoms with Crippen molar-refractivity contribution in [1.82, 2.24) is 4.90 Å². The second-order valence-corrected chi connectivity index (χ2v) is 5.79. The topological polar surface area (TPSA) is 80.5 Å². The number of carbonyl (C=O) groups excluding carboxylic acids is 1. The van der Waals surface area contributed by atoms with Gasteiger partial charge in [-0.1, -0.05) is 0 Å². The van der Waals surface area contributed by atoms with Crippen LogP contribution in [0.3, 0.4) is 0 Å². The standard InChI is InChI=1S/C6H10N2O3S/c7-5(9)8-1-6(2-8)3-12(10,11)4-6/h1-4H2,(H2,7,9). The Kier molecular flexibility index (Phi) is 1.26. The quantitative estimate of drug-likeness (QED) is 0.520. The molecular weight excluding hydrogens is 180 g/mol. The van der Waals surface area contributed by atoms with E-state index in [9.17, 15) is 13.2 Å². The largest absolute Gasteiger partial charge is 0.351 e. The number of carbonyl (C=O) groups is 1. The molecule has 0 saturated carbocycles. The molecule has 12 heavy (non-hydrogen) atoms. The zero-order valence-electron chi connectivity index (χ0n) is 6.49. The second-order valence-electron chi connectivity index (χ2n) is 3.73. The third-order valence-corrected chi connectivity index (χ3v) is 4.52. The van der Waals surface area contributed by atoms with E-state index in [0.29, 0.717) is 13.1 Å². The summed E-state index contributed by atoms with van der Waals surface area (Å²) < 4.78 is 21.7. The fourth-order valence-corrected chi connectivity index (χ4v) is 4.14. The fraction of sp³-hybridized carbons (Fsp3) is 0.833. The molecule has 2 aliphatic rings. The highest BCUT2D eigenvalue weighted by atomic mass is 32.2. The Labute approximate surface area is 70.4 Å². The lowest BCUT2D eigenvalue weighted by Gasteiger charge is -2.54. The maximum atomic E-state index is 10.8. The summed E-state index contributed by atoms with van der Waals surface area (Å²) in [5, 5.41) is 0. The lowest BCUT2D eigenvalue weighted by Crippen LogP contribution is -2.70. The summed E-state index contributed by atoms with van der Waals surface area (Å²) in [6.45, 7) is 1.03. The monoisotopic (exact) mass is 190 g/mol. The molecule has 0 unspecified atom stereocenters. The molecule has 0 aromatic rings. The number of sulfone groups is 1. The average molecular weight is 190 g/mol. The van der Waals surface area contributed by atoms with Crippen molar-refractivity contribution in [3.8, 4) is 0 Å². The number of nitrogens with two attached hydrogens (primary N) is 1. The summed E-state index contributed by atoms with van der Waals surface area (Å²) in [7, 11) is -2.78. The number of primary amides is 1. The molecular formula is C6H10N2O3S. The Morgan fingerprint density at radius 3 is 2.17 bits per heavy atom. The molecule has 2 rings (SSSR count). The van der Waals surface area contributed by atoms with Gasteiger partial charge in [-0.2, -0.15) is 0 Å². The first-order valence-electron chi connectivity index (χ1n) is 3.67. The van der Waals surface area contributed by atoms with E-state index in [4.69, 9.17) is 5.73 Å². The molecule has 1 spiro atoms. The van der Waals surface area contributed by atoms with Crippen LogP contribution in [0.4, 0.5) is 4.79 Å². The van der Waals surface area contributed by atoms with E-state index in [1.165, 1.54) is 4.90 Å². The van der Waals surface area contributed by atoms with Gasteiger partial charge in [-0.25, -0.2) is 13.2 Å². The molecule has 0 aliphatic carbocycles. The van der Waals surface area contributed by atoms with Crippen molar-refractivity contribution in [3.05, 3.63) is 0 Å². The van der Waals surface area contributed by atoms with Crippen molar-refractivity contribution in [2.45, 2.75) is 0 Å². The highest BCUT2D eigenvalue weighted by molar-refractivity contribution is 7.92. The van der Waals surface area contributed by atoms with Crippen LogP contribution in [-0.2, 0) is 9.84 Å². The second kappa shape index (κ2) is 1.93. The normalized spacial score (nSPS) is 29.2. The van der Waals surface area contributed by atoms with Crippen molar-refractivity contribution >= 4 is 15.9 Å². The van der Waals surface area contributed by atoms with E-state index >= 15 is 0 Å². The zero-order valence-corrected chi connectivity index (χ0v) is 7.30. The van der Waals surface area contributed by atoms with Gasteiger partial charge in [-0.05, 0) is 0 Å². The smallest absolute Gasteiger partial charge is 0.314 e. The molecule has 5 nitrogen and oxygen atoms in total. The maximum absolute atomic E-state index is 10.8. The number of hydrogen-bond donors (Lipinski definition) is 1. The maximum Gasteiger partial charge on any atom is 0.314 e. The van der Waals surface area contributed by atoms with Crippen molar-refractivity contribution < 1.29 is 13.2 Å². The Morgan fingerprint density at radius 2 is 1.83 bits per heavy atom. The molecule has 6 heteroatoms. The van der Waals surface area contributed by atoms with Crippen molar-refractivity contribution in [2.24, 2.45) is 11.1 Å². The molecule has 0 radical (unpaired) electrons. The van der Waals surface area contributed by atoms with Gasteiger partial charge in [0, 0.05) is 18.5 Å². The summed E-state index contributed by atoms with van der Waals surface area (Å²) in [5.74, 6) is 0.452. The summed E-state index contributed by atoms with van der Waals surface area (Å²) in [6.07, 6.45) is 0. The van der Waals surface area contributed by atoms with Gasteiger partial charge in [0.1, 0.15) is 0 Å². The van der Waals surface area contributed by atoms with Crippen molar-refractivity contribution in [2.75, 3.05) is 24.6 Å². The van der Waals surface area contributed by atoms with Gasteiger partial charge in [0.25, 0.3) is 0 Å². The highest BCUT2D eigenvalue weighted by Crippen LogP contribution is 2.41. The van der Waals surface area contributed by atoms with E-state index in [2.05, 4.69) is 0 Å². The Morgan fingerprint density at radius 1 is 1.33 bits per heavy atom. The van der Waals surface area contributed by atoms with Crippen molar-refractivity contribution in [1.29, 1.82) is 0 Å². The molecule has 0 aromatic heterocycles. The summed E-state index contributed by atoms with van der Waals surface area (Å²) >= 11 is 0. The van der Waals surface area contributed by atoms with Crippen LogP contribution in [0.1, 0.15) is 0 Å². The minimum absolute atomic E-state index is 0.131. The van der Waals surface area contributed by atoms with E-state index in [0.717, 1.165) is 0 Å². The molecule has 0 atom stereocenters. The molecule has 2 saturated heterocycles. The van der Waals surface area contributed by atoms with Gasteiger partial charge in [0.15, 0.2) is 9.84 Å². The van der Waals surface area contributed by atoms with E-state index in [1.807, 2.05) is 0 Å². The molecule has 68 valence electrons. The van der Waals surface area contributed by atoms with Crippen LogP contribution in [0, 0.1) is 5.41 Å².